The average Bonchev–Trinajstić information content (AvgIpc) is 2.71. The lowest BCUT2D eigenvalue weighted by molar-refractivity contribution is 0.0596. The Morgan fingerprint density at radius 1 is 1.50 bits per heavy atom. The standard InChI is InChI=1S/C10H9N3O2S/c1-15-10(14)7-6-12-13(9(7)16)8-4-2-3-5-11-8/h2-6,16H,1H3. The van der Waals surface area contributed by atoms with Gasteiger partial charge in [-0.2, -0.15) is 5.10 Å². The van der Waals surface area contributed by atoms with Gasteiger partial charge in [0, 0.05) is 6.20 Å². The summed E-state index contributed by atoms with van der Waals surface area (Å²) in [6.45, 7) is 0. The number of hydrogen-bond donors (Lipinski definition) is 1. The molecule has 6 heteroatoms. The van der Waals surface area contributed by atoms with Crippen LogP contribution in [0.4, 0.5) is 0 Å². The number of pyridine rings is 1. The fourth-order valence-corrected chi connectivity index (χ4v) is 1.55. The molecular weight excluding hydrogens is 226 g/mol. The first-order valence-corrected chi connectivity index (χ1v) is 4.95. The third-order valence-corrected chi connectivity index (χ3v) is 2.45. The van der Waals surface area contributed by atoms with E-state index in [0.717, 1.165) is 0 Å². The van der Waals surface area contributed by atoms with Crippen molar-refractivity contribution in [2.75, 3.05) is 7.11 Å². The summed E-state index contributed by atoms with van der Waals surface area (Å²) in [6.07, 6.45) is 3.05. The Morgan fingerprint density at radius 3 is 2.94 bits per heavy atom. The molecule has 0 aromatic carbocycles. The van der Waals surface area contributed by atoms with Gasteiger partial charge in [0.05, 0.1) is 13.3 Å². The maximum Gasteiger partial charge on any atom is 0.342 e. The van der Waals surface area contributed by atoms with Crippen LogP contribution in [0.3, 0.4) is 0 Å². The molecule has 5 nitrogen and oxygen atoms in total. The molecule has 0 amide bonds. The summed E-state index contributed by atoms with van der Waals surface area (Å²) in [6, 6.07) is 5.40. The van der Waals surface area contributed by atoms with E-state index in [1.54, 1.807) is 18.3 Å². The van der Waals surface area contributed by atoms with Crippen LogP contribution in [0, 0.1) is 0 Å². The highest BCUT2D eigenvalue weighted by atomic mass is 32.1. The van der Waals surface area contributed by atoms with Gasteiger partial charge < -0.3 is 4.74 Å². The van der Waals surface area contributed by atoms with Crippen LogP contribution in [0.5, 0.6) is 0 Å². The summed E-state index contributed by atoms with van der Waals surface area (Å²) < 4.78 is 6.07. The maximum atomic E-state index is 11.3. The molecule has 0 radical (unpaired) electrons. The lowest BCUT2D eigenvalue weighted by Gasteiger charge is -2.02. The Balaban J connectivity index is 2.45. The molecule has 0 aliphatic rings. The highest BCUT2D eigenvalue weighted by Gasteiger charge is 2.16. The summed E-state index contributed by atoms with van der Waals surface area (Å²) in [5.41, 5.74) is 0.316. The number of esters is 1. The van der Waals surface area contributed by atoms with Gasteiger partial charge in [0.15, 0.2) is 5.82 Å². The molecule has 0 spiro atoms. The SMILES string of the molecule is COC(=O)c1cnn(-c2ccccn2)c1S. The number of rotatable bonds is 2. The van der Waals surface area contributed by atoms with E-state index in [1.807, 2.05) is 6.07 Å². The first-order chi connectivity index (χ1) is 7.74. The van der Waals surface area contributed by atoms with Crippen LogP contribution in [0.25, 0.3) is 5.82 Å². The topological polar surface area (TPSA) is 57.0 Å². The van der Waals surface area contributed by atoms with Crippen molar-refractivity contribution in [1.29, 1.82) is 0 Å². The highest BCUT2D eigenvalue weighted by molar-refractivity contribution is 7.80. The number of methoxy groups -OCH3 is 1. The third kappa shape index (κ3) is 1.79. The molecule has 0 aliphatic carbocycles. The lowest BCUT2D eigenvalue weighted by Crippen LogP contribution is -2.03. The number of nitrogens with zero attached hydrogens (tertiary/aromatic N) is 3. The Labute approximate surface area is 97.5 Å². The van der Waals surface area contributed by atoms with Crippen LogP contribution in [0.15, 0.2) is 35.6 Å². The van der Waals surface area contributed by atoms with Crippen molar-refractivity contribution in [3.05, 3.63) is 36.2 Å². The summed E-state index contributed by atoms with van der Waals surface area (Å²) in [5, 5.41) is 4.44. The zero-order valence-corrected chi connectivity index (χ0v) is 9.39. The number of carbonyl (C=O) groups is 1. The Bertz CT molecular complexity index is 510. The summed E-state index contributed by atoms with van der Waals surface area (Å²) >= 11 is 4.23. The van der Waals surface area contributed by atoms with Gasteiger partial charge in [-0.25, -0.2) is 14.5 Å². The largest absolute Gasteiger partial charge is 0.465 e. The summed E-state index contributed by atoms with van der Waals surface area (Å²) in [5.74, 6) is 0.134. The van der Waals surface area contributed by atoms with E-state index in [9.17, 15) is 4.79 Å². The number of carbonyl (C=O) groups excluding carboxylic acids is 1. The lowest BCUT2D eigenvalue weighted by atomic mass is 10.4. The summed E-state index contributed by atoms with van der Waals surface area (Å²) in [7, 11) is 1.31. The van der Waals surface area contributed by atoms with Gasteiger partial charge in [-0.3, -0.25) is 0 Å². The molecule has 0 N–H and O–H groups in total. The van der Waals surface area contributed by atoms with E-state index >= 15 is 0 Å². The smallest absolute Gasteiger partial charge is 0.342 e. The van der Waals surface area contributed by atoms with E-state index in [1.165, 1.54) is 18.0 Å². The maximum absolute atomic E-state index is 11.3. The van der Waals surface area contributed by atoms with Crippen LogP contribution in [-0.4, -0.2) is 27.8 Å². The van der Waals surface area contributed by atoms with Crippen LogP contribution < -0.4 is 0 Å². The van der Waals surface area contributed by atoms with Crippen molar-refractivity contribution in [3.8, 4) is 5.82 Å². The fourth-order valence-electron chi connectivity index (χ4n) is 1.24. The molecule has 0 atom stereocenters. The van der Waals surface area contributed by atoms with Crippen molar-refractivity contribution in [2.45, 2.75) is 5.03 Å². The van der Waals surface area contributed by atoms with Gasteiger partial charge in [-0.15, -0.1) is 12.6 Å². The van der Waals surface area contributed by atoms with E-state index in [4.69, 9.17) is 0 Å². The molecule has 0 fully saturated rings. The van der Waals surface area contributed by atoms with Crippen molar-refractivity contribution >= 4 is 18.6 Å². The van der Waals surface area contributed by atoms with Gasteiger partial charge in [0.1, 0.15) is 10.6 Å². The van der Waals surface area contributed by atoms with Crippen molar-refractivity contribution in [1.82, 2.24) is 14.8 Å². The molecular formula is C10H9N3O2S. The fraction of sp³-hybridized carbons (Fsp3) is 0.100. The number of thiol groups is 1. The molecule has 2 heterocycles. The van der Waals surface area contributed by atoms with Gasteiger partial charge in [0.25, 0.3) is 0 Å². The number of ether oxygens (including phenoxy) is 1. The monoisotopic (exact) mass is 235 g/mol. The second-order valence-electron chi connectivity index (χ2n) is 2.97. The second-order valence-corrected chi connectivity index (χ2v) is 3.40. The Morgan fingerprint density at radius 2 is 2.31 bits per heavy atom. The van der Waals surface area contributed by atoms with Gasteiger partial charge in [0.2, 0.25) is 0 Å². The van der Waals surface area contributed by atoms with Crippen LogP contribution >= 0.6 is 12.6 Å². The molecule has 0 aliphatic heterocycles. The Kier molecular flexibility index (Phi) is 2.91. The van der Waals surface area contributed by atoms with E-state index in [2.05, 4.69) is 27.4 Å². The predicted molar refractivity (Wildman–Crippen MR) is 60.0 cm³/mol. The molecule has 2 aromatic heterocycles. The normalized spacial score (nSPS) is 10.1. The molecule has 0 saturated heterocycles. The third-order valence-electron chi connectivity index (χ3n) is 2.02. The molecule has 2 aromatic rings. The van der Waals surface area contributed by atoms with Gasteiger partial charge >= 0.3 is 5.97 Å². The van der Waals surface area contributed by atoms with Crippen molar-refractivity contribution in [2.24, 2.45) is 0 Å². The van der Waals surface area contributed by atoms with Crippen molar-refractivity contribution < 1.29 is 9.53 Å². The molecule has 0 unspecified atom stereocenters. The molecule has 82 valence electrons. The zero-order valence-electron chi connectivity index (χ0n) is 8.49. The van der Waals surface area contributed by atoms with E-state index < -0.39 is 5.97 Å². The predicted octanol–water partition coefficient (Wildman–Crippen LogP) is 1.34. The summed E-state index contributed by atoms with van der Waals surface area (Å²) in [4.78, 5) is 15.4. The van der Waals surface area contributed by atoms with E-state index in [0.29, 0.717) is 16.4 Å². The first-order valence-electron chi connectivity index (χ1n) is 4.50. The minimum absolute atomic E-state index is 0.316. The average molecular weight is 235 g/mol. The number of aromatic nitrogens is 3. The van der Waals surface area contributed by atoms with Crippen LogP contribution in [0.1, 0.15) is 10.4 Å². The zero-order chi connectivity index (χ0) is 11.5. The van der Waals surface area contributed by atoms with Crippen molar-refractivity contribution in [3.63, 3.8) is 0 Å². The molecule has 2 rings (SSSR count). The highest BCUT2D eigenvalue weighted by Crippen LogP contribution is 2.17. The van der Waals surface area contributed by atoms with E-state index in [-0.39, 0.29) is 0 Å². The molecule has 0 bridgehead atoms. The minimum atomic E-state index is -0.466. The van der Waals surface area contributed by atoms with Gasteiger partial charge in [-0.05, 0) is 12.1 Å². The van der Waals surface area contributed by atoms with Crippen LogP contribution in [-0.2, 0) is 4.74 Å². The molecule has 16 heavy (non-hydrogen) atoms. The number of hydrogen-bond acceptors (Lipinski definition) is 5. The quantitative estimate of drug-likeness (QED) is 0.630. The second kappa shape index (κ2) is 4.36. The minimum Gasteiger partial charge on any atom is -0.465 e. The van der Waals surface area contributed by atoms with Gasteiger partial charge in [-0.1, -0.05) is 6.07 Å². The van der Waals surface area contributed by atoms with Crippen LogP contribution in [0.2, 0.25) is 0 Å². The Hall–Kier alpha value is -1.82. The first kappa shape index (κ1) is 10.7. The molecule has 0 saturated carbocycles.